The fourth-order valence-corrected chi connectivity index (χ4v) is 2.53. The number of hydrogen-bond donors (Lipinski definition) is 2. The van der Waals surface area contributed by atoms with E-state index in [0.29, 0.717) is 28.1 Å². The van der Waals surface area contributed by atoms with Crippen LogP contribution in [-0.4, -0.2) is 28.9 Å². The summed E-state index contributed by atoms with van der Waals surface area (Å²) in [5.74, 6) is -1.03. The Balaban J connectivity index is 2.37. The SMILES string of the molecule is COC(=O)c1c(C)[nH]c(C(=O)Nc2cccc([N+](=O)[O-])c2C)c1C. The number of anilines is 1. The number of aryl methyl sites for hydroxylation is 1. The predicted octanol–water partition coefficient (Wildman–Crippen LogP) is 2.89. The lowest BCUT2D eigenvalue weighted by molar-refractivity contribution is -0.385. The number of amides is 1. The smallest absolute Gasteiger partial charge is 0.339 e. The van der Waals surface area contributed by atoms with Gasteiger partial charge >= 0.3 is 5.97 Å². The van der Waals surface area contributed by atoms with E-state index < -0.39 is 16.8 Å². The van der Waals surface area contributed by atoms with Gasteiger partial charge in [-0.3, -0.25) is 14.9 Å². The van der Waals surface area contributed by atoms with Crippen molar-refractivity contribution in [2.45, 2.75) is 20.8 Å². The van der Waals surface area contributed by atoms with E-state index in [1.807, 2.05) is 0 Å². The first-order valence-electron chi connectivity index (χ1n) is 7.10. The number of aromatic nitrogens is 1. The lowest BCUT2D eigenvalue weighted by Crippen LogP contribution is -2.15. The third-order valence-corrected chi connectivity index (χ3v) is 3.80. The molecular weight excluding hydrogens is 314 g/mol. The van der Waals surface area contributed by atoms with Gasteiger partial charge in [-0.15, -0.1) is 0 Å². The van der Waals surface area contributed by atoms with Gasteiger partial charge in [0.1, 0.15) is 5.69 Å². The molecule has 1 aromatic carbocycles. The molecular formula is C16H17N3O5. The van der Waals surface area contributed by atoms with Crippen molar-refractivity contribution in [3.63, 3.8) is 0 Å². The number of nitrogens with one attached hydrogen (secondary N) is 2. The summed E-state index contributed by atoms with van der Waals surface area (Å²) in [6.45, 7) is 4.85. The topological polar surface area (TPSA) is 114 Å². The molecule has 24 heavy (non-hydrogen) atoms. The van der Waals surface area contributed by atoms with Crippen molar-refractivity contribution in [2.75, 3.05) is 12.4 Å². The summed E-state index contributed by atoms with van der Waals surface area (Å²) in [5, 5.41) is 13.6. The number of benzene rings is 1. The van der Waals surface area contributed by atoms with E-state index >= 15 is 0 Å². The number of methoxy groups -OCH3 is 1. The average Bonchev–Trinajstić information content (AvgIpc) is 2.83. The number of carbonyl (C=O) groups excluding carboxylic acids is 2. The molecule has 126 valence electrons. The van der Waals surface area contributed by atoms with Crippen molar-refractivity contribution in [1.82, 2.24) is 4.98 Å². The number of nitrogens with zero attached hydrogens (tertiary/aromatic N) is 1. The van der Waals surface area contributed by atoms with Gasteiger partial charge in [0, 0.05) is 11.8 Å². The minimum Gasteiger partial charge on any atom is -0.465 e. The minimum atomic E-state index is -0.535. The highest BCUT2D eigenvalue weighted by Gasteiger charge is 2.23. The Bertz CT molecular complexity index is 838. The molecule has 0 aliphatic rings. The molecule has 8 heteroatoms. The molecule has 0 saturated carbocycles. The molecule has 0 atom stereocenters. The molecule has 0 aliphatic carbocycles. The summed E-state index contributed by atoms with van der Waals surface area (Å²) in [4.78, 5) is 37.6. The van der Waals surface area contributed by atoms with Crippen molar-refractivity contribution in [1.29, 1.82) is 0 Å². The maximum Gasteiger partial charge on any atom is 0.339 e. The maximum absolute atomic E-state index is 12.5. The van der Waals surface area contributed by atoms with Crippen LogP contribution < -0.4 is 5.32 Å². The summed E-state index contributed by atoms with van der Waals surface area (Å²) < 4.78 is 4.70. The summed E-state index contributed by atoms with van der Waals surface area (Å²) in [7, 11) is 1.26. The summed E-state index contributed by atoms with van der Waals surface area (Å²) >= 11 is 0. The van der Waals surface area contributed by atoms with Crippen LogP contribution in [-0.2, 0) is 4.74 Å². The van der Waals surface area contributed by atoms with Crippen LogP contribution in [0.4, 0.5) is 11.4 Å². The fraction of sp³-hybridized carbons (Fsp3) is 0.250. The minimum absolute atomic E-state index is 0.0811. The molecule has 0 fully saturated rings. The van der Waals surface area contributed by atoms with Gasteiger partial charge in [-0.05, 0) is 32.4 Å². The van der Waals surface area contributed by atoms with Crippen molar-refractivity contribution in [3.8, 4) is 0 Å². The Labute approximate surface area is 138 Å². The first-order valence-corrected chi connectivity index (χ1v) is 7.10. The summed E-state index contributed by atoms with van der Waals surface area (Å²) in [6, 6.07) is 4.43. The van der Waals surface area contributed by atoms with Crippen LogP contribution >= 0.6 is 0 Å². The van der Waals surface area contributed by atoms with Crippen LogP contribution in [0.2, 0.25) is 0 Å². The highest BCUT2D eigenvalue weighted by Crippen LogP contribution is 2.26. The largest absolute Gasteiger partial charge is 0.465 e. The van der Waals surface area contributed by atoms with E-state index in [4.69, 9.17) is 4.74 Å². The van der Waals surface area contributed by atoms with Gasteiger partial charge in [0.2, 0.25) is 0 Å². The maximum atomic E-state index is 12.5. The predicted molar refractivity (Wildman–Crippen MR) is 87.4 cm³/mol. The molecule has 0 unspecified atom stereocenters. The standard InChI is InChI=1S/C16H17N3O5/c1-8-11(6-5-7-12(8)19(22)23)18-15(20)14-9(2)13(10(3)17-14)16(21)24-4/h5-7,17H,1-4H3,(H,18,20). The van der Waals surface area contributed by atoms with E-state index in [-0.39, 0.29) is 11.4 Å². The molecule has 0 bridgehead atoms. The quantitative estimate of drug-likeness (QED) is 0.508. The molecule has 2 rings (SSSR count). The van der Waals surface area contributed by atoms with E-state index in [0.717, 1.165) is 0 Å². The number of rotatable bonds is 4. The van der Waals surface area contributed by atoms with Crippen LogP contribution in [0, 0.1) is 30.9 Å². The third-order valence-electron chi connectivity index (χ3n) is 3.80. The lowest BCUT2D eigenvalue weighted by atomic mass is 10.1. The van der Waals surface area contributed by atoms with Crippen molar-refractivity contribution >= 4 is 23.3 Å². The van der Waals surface area contributed by atoms with E-state index in [9.17, 15) is 19.7 Å². The highest BCUT2D eigenvalue weighted by atomic mass is 16.6. The van der Waals surface area contributed by atoms with Gasteiger partial charge in [0.15, 0.2) is 0 Å². The van der Waals surface area contributed by atoms with Crippen LogP contribution in [0.5, 0.6) is 0 Å². The monoisotopic (exact) mass is 331 g/mol. The van der Waals surface area contributed by atoms with Gasteiger partial charge < -0.3 is 15.0 Å². The van der Waals surface area contributed by atoms with Crippen molar-refractivity contribution < 1.29 is 19.2 Å². The van der Waals surface area contributed by atoms with E-state index in [1.54, 1.807) is 26.8 Å². The molecule has 1 aromatic heterocycles. The van der Waals surface area contributed by atoms with Crippen LogP contribution in [0.1, 0.15) is 37.7 Å². The normalized spacial score (nSPS) is 10.3. The Morgan fingerprint density at radius 1 is 1.21 bits per heavy atom. The lowest BCUT2D eigenvalue weighted by Gasteiger charge is -2.08. The molecule has 0 saturated heterocycles. The van der Waals surface area contributed by atoms with Crippen LogP contribution in [0.3, 0.4) is 0 Å². The number of aromatic amines is 1. The highest BCUT2D eigenvalue weighted by molar-refractivity contribution is 6.07. The molecule has 0 spiro atoms. The Morgan fingerprint density at radius 3 is 2.46 bits per heavy atom. The zero-order chi connectivity index (χ0) is 18.0. The van der Waals surface area contributed by atoms with Gasteiger partial charge in [-0.2, -0.15) is 0 Å². The number of esters is 1. The number of nitro benzene ring substituents is 1. The zero-order valence-corrected chi connectivity index (χ0v) is 13.7. The van der Waals surface area contributed by atoms with Gasteiger partial charge in [-0.25, -0.2) is 4.79 Å². The van der Waals surface area contributed by atoms with Crippen molar-refractivity contribution in [3.05, 3.63) is 56.4 Å². The number of carbonyl (C=O) groups is 2. The first kappa shape index (κ1) is 17.2. The molecule has 1 amide bonds. The Hall–Kier alpha value is -3.16. The van der Waals surface area contributed by atoms with Gasteiger partial charge in [0.25, 0.3) is 11.6 Å². The zero-order valence-electron chi connectivity index (χ0n) is 13.7. The van der Waals surface area contributed by atoms with E-state index in [2.05, 4.69) is 10.3 Å². The molecule has 8 nitrogen and oxygen atoms in total. The van der Waals surface area contributed by atoms with Crippen LogP contribution in [0.15, 0.2) is 18.2 Å². The second-order valence-electron chi connectivity index (χ2n) is 5.28. The summed E-state index contributed by atoms with van der Waals surface area (Å²) in [5.41, 5.74) is 2.09. The Morgan fingerprint density at radius 2 is 1.88 bits per heavy atom. The first-order chi connectivity index (χ1) is 11.3. The number of H-pyrrole nitrogens is 1. The average molecular weight is 331 g/mol. The number of nitro groups is 1. The third kappa shape index (κ3) is 2.98. The Kier molecular flexibility index (Phi) is 4.68. The molecule has 0 radical (unpaired) electrons. The van der Waals surface area contributed by atoms with Gasteiger partial charge in [-0.1, -0.05) is 6.07 Å². The van der Waals surface area contributed by atoms with Crippen molar-refractivity contribution in [2.24, 2.45) is 0 Å². The fourth-order valence-electron chi connectivity index (χ4n) is 2.53. The number of hydrogen-bond acceptors (Lipinski definition) is 5. The summed E-state index contributed by atoms with van der Waals surface area (Å²) in [6.07, 6.45) is 0. The second kappa shape index (κ2) is 6.53. The number of ether oxygens (including phenoxy) is 1. The molecule has 2 aromatic rings. The second-order valence-corrected chi connectivity index (χ2v) is 5.28. The van der Waals surface area contributed by atoms with Crippen LogP contribution in [0.25, 0.3) is 0 Å². The van der Waals surface area contributed by atoms with Gasteiger partial charge in [0.05, 0.1) is 28.8 Å². The van der Waals surface area contributed by atoms with E-state index in [1.165, 1.54) is 19.2 Å². The molecule has 2 N–H and O–H groups in total. The molecule has 1 heterocycles. The molecule has 0 aliphatic heterocycles.